The van der Waals surface area contributed by atoms with Gasteiger partial charge in [0.15, 0.2) is 0 Å². The average Bonchev–Trinajstić information content (AvgIpc) is 2.86. The summed E-state index contributed by atoms with van der Waals surface area (Å²) in [6.45, 7) is 6.35. The van der Waals surface area contributed by atoms with E-state index in [4.69, 9.17) is 5.73 Å². The summed E-state index contributed by atoms with van der Waals surface area (Å²) in [7, 11) is 0. The third-order valence-electron chi connectivity index (χ3n) is 3.15. The van der Waals surface area contributed by atoms with Crippen molar-refractivity contribution in [2.45, 2.75) is 33.0 Å². The van der Waals surface area contributed by atoms with E-state index in [2.05, 4.69) is 58.3 Å². The number of nitrogen functional groups attached to an aromatic ring is 1. The topological polar surface area (TPSA) is 29.3 Å². The van der Waals surface area contributed by atoms with Crippen LogP contribution in [-0.4, -0.2) is 10.9 Å². The Labute approximate surface area is 127 Å². The Balaban J connectivity index is 2.14. The molecule has 0 unspecified atom stereocenters. The second-order valence-corrected chi connectivity index (χ2v) is 6.72. The fraction of sp³-hybridized carbons (Fsp3) is 0.333. The first-order valence-corrected chi connectivity index (χ1v) is 8.04. The number of anilines is 1. The molecule has 0 bridgehead atoms. The highest BCUT2D eigenvalue weighted by molar-refractivity contribution is 9.10. The van der Waals surface area contributed by atoms with Crippen molar-refractivity contribution in [1.29, 1.82) is 0 Å². The molecular formula is C15H19BrN2S. The van der Waals surface area contributed by atoms with Gasteiger partial charge in [-0.25, -0.2) is 0 Å². The minimum absolute atomic E-state index is 0.496. The molecule has 1 aromatic heterocycles. The van der Waals surface area contributed by atoms with E-state index in [0.29, 0.717) is 6.04 Å². The lowest BCUT2D eigenvalue weighted by molar-refractivity contribution is 0.205. The Morgan fingerprint density at radius 1 is 1.21 bits per heavy atom. The van der Waals surface area contributed by atoms with Gasteiger partial charge in [-0.3, -0.25) is 4.90 Å². The van der Waals surface area contributed by atoms with Gasteiger partial charge in [0.05, 0.1) is 0 Å². The maximum atomic E-state index is 5.95. The molecule has 102 valence electrons. The normalized spacial score (nSPS) is 11.4. The highest BCUT2D eigenvalue weighted by atomic mass is 79.9. The molecule has 1 heterocycles. The average molecular weight is 339 g/mol. The van der Waals surface area contributed by atoms with Crippen LogP contribution in [0.4, 0.5) is 5.69 Å². The molecule has 0 amide bonds. The molecule has 1 aromatic carbocycles. The molecular weight excluding hydrogens is 320 g/mol. The molecule has 2 nitrogen and oxygen atoms in total. The van der Waals surface area contributed by atoms with Gasteiger partial charge in [0.2, 0.25) is 0 Å². The molecule has 0 aliphatic carbocycles. The summed E-state index contributed by atoms with van der Waals surface area (Å²) in [6, 6.07) is 10.9. The van der Waals surface area contributed by atoms with E-state index in [-0.39, 0.29) is 0 Å². The summed E-state index contributed by atoms with van der Waals surface area (Å²) in [4.78, 5) is 3.85. The molecule has 0 fully saturated rings. The van der Waals surface area contributed by atoms with Crippen LogP contribution in [-0.2, 0) is 13.1 Å². The highest BCUT2D eigenvalue weighted by Gasteiger charge is 2.13. The van der Waals surface area contributed by atoms with Gasteiger partial charge in [0.25, 0.3) is 0 Å². The lowest BCUT2D eigenvalue weighted by Gasteiger charge is -2.26. The quantitative estimate of drug-likeness (QED) is 0.813. The standard InChI is InChI=1S/C15H19BrN2S/c1-11(2)18(10-13-6-4-8-19-13)9-12-5-3-7-14(17)15(12)16/h3-8,11H,9-10,17H2,1-2H3. The van der Waals surface area contributed by atoms with Crippen LogP contribution in [0.5, 0.6) is 0 Å². The number of nitrogens with zero attached hydrogens (tertiary/aromatic N) is 1. The van der Waals surface area contributed by atoms with Crippen molar-refractivity contribution in [3.8, 4) is 0 Å². The lowest BCUT2D eigenvalue weighted by atomic mass is 10.1. The summed E-state index contributed by atoms with van der Waals surface area (Å²) in [5.41, 5.74) is 7.99. The van der Waals surface area contributed by atoms with Gasteiger partial charge in [0, 0.05) is 34.2 Å². The van der Waals surface area contributed by atoms with Gasteiger partial charge in [-0.2, -0.15) is 0 Å². The van der Waals surface area contributed by atoms with Gasteiger partial charge in [0.1, 0.15) is 0 Å². The first-order valence-electron chi connectivity index (χ1n) is 6.37. The maximum Gasteiger partial charge on any atom is 0.0461 e. The van der Waals surface area contributed by atoms with E-state index in [1.165, 1.54) is 10.4 Å². The Hall–Kier alpha value is -0.840. The van der Waals surface area contributed by atoms with Crippen molar-refractivity contribution >= 4 is 33.0 Å². The second-order valence-electron chi connectivity index (χ2n) is 4.90. The smallest absolute Gasteiger partial charge is 0.0461 e. The van der Waals surface area contributed by atoms with Crippen molar-refractivity contribution in [3.63, 3.8) is 0 Å². The van der Waals surface area contributed by atoms with Gasteiger partial charge in [-0.1, -0.05) is 18.2 Å². The Morgan fingerprint density at radius 3 is 2.63 bits per heavy atom. The van der Waals surface area contributed by atoms with Crippen LogP contribution < -0.4 is 5.73 Å². The van der Waals surface area contributed by atoms with Gasteiger partial charge >= 0.3 is 0 Å². The SMILES string of the molecule is CC(C)N(Cc1cccs1)Cc1cccc(N)c1Br. The van der Waals surface area contributed by atoms with Crippen LogP contribution in [0.25, 0.3) is 0 Å². The summed E-state index contributed by atoms with van der Waals surface area (Å²) >= 11 is 5.40. The van der Waals surface area contributed by atoms with Crippen molar-refractivity contribution in [2.24, 2.45) is 0 Å². The van der Waals surface area contributed by atoms with E-state index in [1.54, 1.807) is 0 Å². The van der Waals surface area contributed by atoms with Gasteiger partial charge in [-0.15, -0.1) is 11.3 Å². The Bertz CT molecular complexity index is 523. The number of hydrogen-bond acceptors (Lipinski definition) is 3. The summed E-state index contributed by atoms with van der Waals surface area (Å²) in [6.07, 6.45) is 0. The lowest BCUT2D eigenvalue weighted by Crippen LogP contribution is -2.29. The third-order valence-corrected chi connectivity index (χ3v) is 4.98. The van der Waals surface area contributed by atoms with E-state index in [0.717, 1.165) is 23.2 Å². The molecule has 0 atom stereocenters. The summed E-state index contributed by atoms with van der Waals surface area (Å²) in [5, 5.41) is 2.13. The zero-order chi connectivity index (χ0) is 13.8. The number of benzene rings is 1. The van der Waals surface area contributed by atoms with Crippen LogP contribution in [0, 0.1) is 0 Å². The van der Waals surface area contributed by atoms with E-state index in [9.17, 15) is 0 Å². The predicted molar refractivity (Wildman–Crippen MR) is 87.3 cm³/mol. The molecule has 4 heteroatoms. The maximum absolute atomic E-state index is 5.95. The highest BCUT2D eigenvalue weighted by Crippen LogP contribution is 2.26. The molecule has 0 aliphatic heterocycles. The minimum Gasteiger partial charge on any atom is -0.398 e. The van der Waals surface area contributed by atoms with Crippen molar-refractivity contribution < 1.29 is 0 Å². The summed E-state index contributed by atoms with van der Waals surface area (Å²) in [5.74, 6) is 0. The number of nitrogens with two attached hydrogens (primary N) is 1. The molecule has 2 N–H and O–H groups in total. The third kappa shape index (κ3) is 3.81. The molecule has 0 saturated carbocycles. The van der Waals surface area contributed by atoms with E-state index in [1.807, 2.05) is 23.5 Å². The van der Waals surface area contributed by atoms with Crippen molar-refractivity contribution in [1.82, 2.24) is 4.90 Å². The zero-order valence-electron chi connectivity index (χ0n) is 11.3. The molecule has 0 aliphatic rings. The number of rotatable bonds is 5. The molecule has 2 rings (SSSR count). The fourth-order valence-corrected chi connectivity index (χ4v) is 3.08. The van der Waals surface area contributed by atoms with Gasteiger partial charge in [-0.05, 0) is 52.9 Å². The zero-order valence-corrected chi connectivity index (χ0v) is 13.7. The van der Waals surface area contributed by atoms with E-state index >= 15 is 0 Å². The number of halogens is 1. The Morgan fingerprint density at radius 2 is 2.00 bits per heavy atom. The van der Waals surface area contributed by atoms with Crippen molar-refractivity contribution in [3.05, 3.63) is 50.6 Å². The van der Waals surface area contributed by atoms with Crippen LogP contribution in [0.1, 0.15) is 24.3 Å². The molecule has 0 spiro atoms. The largest absolute Gasteiger partial charge is 0.398 e. The van der Waals surface area contributed by atoms with Gasteiger partial charge < -0.3 is 5.73 Å². The first kappa shape index (κ1) is 14.6. The van der Waals surface area contributed by atoms with Crippen LogP contribution in [0.15, 0.2) is 40.2 Å². The number of hydrogen-bond donors (Lipinski definition) is 1. The second kappa shape index (κ2) is 6.55. The molecule has 0 saturated heterocycles. The minimum atomic E-state index is 0.496. The number of thiophene rings is 1. The molecule has 0 radical (unpaired) electrons. The molecule has 2 aromatic rings. The van der Waals surface area contributed by atoms with Crippen LogP contribution >= 0.6 is 27.3 Å². The summed E-state index contributed by atoms with van der Waals surface area (Å²) < 4.78 is 1.02. The van der Waals surface area contributed by atoms with Crippen LogP contribution in [0.3, 0.4) is 0 Å². The monoisotopic (exact) mass is 338 g/mol. The Kier molecular flexibility index (Phi) is 5.02. The fourth-order valence-electron chi connectivity index (χ4n) is 1.96. The predicted octanol–water partition coefficient (Wildman–Crippen LogP) is 4.50. The van der Waals surface area contributed by atoms with Crippen LogP contribution in [0.2, 0.25) is 0 Å². The first-order chi connectivity index (χ1) is 9.08. The molecule has 19 heavy (non-hydrogen) atoms. The van der Waals surface area contributed by atoms with E-state index < -0.39 is 0 Å². The van der Waals surface area contributed by atoms with Crippen molar-refractivity contribution in [2.75, 3.05) is 5.73 Å².